The minimum Gasteiger partial charge on any atom is -0.473 e. The summed E-state index contributed by atoms with van der Waals surface area (Å²) < 4.78 is 34.3. The van der Waals surface area contributed by atoms with Crippen LogP contribution < -0.4 is 9.64 Å². The maximum atomic E-state index is 13.8. The Morgan fingerprint density at radius 2 is 1.08 bits per heavy atom. The van der Waals surface area contributed by atoms with Crippen LogP contribution in [0.2, 0.25) is 0 Å². The lowest BCUT2D eigenvalue weighted by Crippen LogP contribution is -2.55. The predicted molar refractivity (Wildman–Crippen MR) is 186 cm³/mol. The molecule has 0 N–H and O–H groups in total. The largest absolute Gasteiger partial charge is 0.473 e. The average molecular weight is 650 g/mol. The van der Waals surface area contributed by atoms with E-state index in [1.807, 2.05) is 78.9 Å². The monoisotopic (exact) mass is 649 g/mol. The maximum Gasteiger partial charge on any atom is 0.233 e. The van der Waals surface area contributed by atoms with Crippen molar-refractivity contribution in [2.45, 2.75) is 24.5 Å². The molecule has 6 heteroatoms. The molecule has 49 heavy (non-hydrogen) atoms. The van der Waals surface area contributed by atoms with Crippen LogP contribution >= 0.6 is 0 Å². The number of ketones is 1. The van der Waals surface area contributed by atoms with Crippen LogP contribution in [0.15, 0.2) is 164 Å². The van der Waals surface area contributed by atoms with E-state index in [-0.39, 0.29) is 24.2 Å². The van der Waals surface area contributed by atoms with Crippen LogP contribution in [0.1, 0.15) is 51.5 Å². The number of nitrogens with zero attached hydrogens (tertiary/aromatic N) is 1. The number of halogens is 2. The Kier molecular flexibility index (Phi) is 8.86. The van der Waals surface area contributed by atoms with Crippen molar-refractivity contribution in [1.29, 1.82) is 0 Å². The Bertz CT molecular complexity index is 1940. The molecule has 6 aromatic rings. The van der Waals surface area contributed by atoms with Crippen molar-refractivity contribution in [2.24, 2.45) is 5.92 Å². The van der Waals surface area contributed by atoms with Gasteiger partial charge in [-0.05, 0) is 72.6 Å². The van der Waals surface area contributed by atoms with Gasteiger partial charge in [0.25, 0.3) is 0 Å². The summed E-state index contributed by atoms with van der Waals surface area (Å²) in [5.41, 5.74) is 3.79. The van der Waals surface area contributed by atoms with Gasteiger partial charge in [0.15, 0.2) is 11.4 Å². The van der Waals surface area contributed by atoms with E-state index in [2.05, 4.69) is 36.4 Å². The SMILES string of the molecule is O=C(CCC1C(=O)N(c2ccc(F)cc2)[C@@H]1c1ccc(OC(c2ccccc2)(c2ccccc2)c2ccccc2)cc1)c1ccc(F)cc1. The summed E-state index contributed by atoms with van der Waals surface area (Å²) in [6.07, 6.45) is 0.444. The first kappa shape index (κ1) is 31.7. The van der Waals surface area contributed by atoms with E-state index < -0.39 is 23.2 Å². The van der Waals surface area contributed by atoms with Gasteiger partial charge in [-0.15, -0.1) is 0 Å². The highest BCUT2D eigenvalue weighted by molar-refractivity contribution is 6.04. The van der Waals surface area contributed by atoms with Gasteiger partial charge in [-0.25, -0.2) is 8.78 Å². The second kappa shape index (κ2) is 13.7. The van der Waals surface area contributed by atoms with Crippen molar-refractivity contribution >= 4 is 17.4 Å². The number of rotatable bonds is 11. The summed E-state index contributed by atoms with van der Waals surface area (Å²) in [6, 6.07) is 48.9. The summed E-state index contributed by atoms with van der Waals surface area (Å²) in [6.45, 7) is 0. The van der Waals surface area contributed by atoms with Crippen molar-refractivity contribution in [3.05, 3.63) is 203 Å². The van der Waals surface area contributed by atoms with Crippen LogP contribution in [0.4, 0.5) is 14.5 Å². The first-order valence-corrected chi connectivity index (χ1v) is 16.3. The van der Waals surface area contributed by atoms with Crippen molar-refractivity contribution in [1.82, 2.24) is 0 Å². The van der Waals surface area contributed by atoms with Gasteiger partial charge >= 0.3 is 0 Å². The van der Waals surface area contributed by atoms with Gasteiger partial charge in [0.2, 0.25) is 5.91 Å². The summed E-state index contributed by atoms with van der Waals surface area (Å²) in [7, 11) is 0. The number of Topliss-reactive ketones (excluding diaryl/α,β-unsaturated/α-hetero) is 1. The number of benzene rings is 6. The zero-order chi connectivity index (χ0) is 33.8. The minimum absolute atomic E-state index is 0.130. The zero-order valence-corrected chi connectivity index (χ0v) is 26.6. The molecule has 1 saturated heterocycles. The van der Waals surface area contributed by atoms with Crippen LogP contribution in [-0.2, 0) is 10.4 Å². The maximum absolute atomic E-state index is 13.8. The number of anilines is 1. The second-order valence-electron chi connectivity index (χ2n) is 12.2. The third-order valence-electron chi connectivity index (χ3n) is 9.20. The molecule has 0 aliphatic carbocycles. The first-order chi connectivity index (χ1) is 23.9. The summed E-state index contributed by atoms with van der Waals surface area (Å²) >= 11 is 0. The Balaban J connectivity index is 1.22. The predicted octanol–water partition coefficient (Wildman–Crippen LogP) is 9.70. The number of hydrogen-bond acceptors (Lipinski definition) is 3. The third-order valence-corrected chi connectivity index (χ3v) is 9.20. The smallest absolute Gasteiger partial charge is 0.233 e. The lowest BCUT2D eigenvalue weighted by molar-refractivity contribution is -0.130. The highest BCUT2D eigenvalue weighted by Gasteiger charge is 2.48. The van der Waals surface area contributed by atoms with E-state index in [1.54, 1.807) is 17.0 Å². The average Bonchev–Trinajstić information content (AvgIpc) is 3.15. The minimum atomic E-state index is -0.957. The van der Waals surface area contributed by atoms with Gasteiger partial charge in [-0.1, -0.05) is 103 Å². The number of amides is 1. The van der Waals surface area contributed by atoms with Gasteiger partial charge in [0.05, 0.1) is 12.0 Å². The molecule has 6 aromatic carbocycles. The molecule has 1 aliphatic heterocycles. The Labute approximate surface area is 284 Å². The molecule has 1 unspecified atom stereocenters. The van der Waals surface area contributed by atoms with E-state index in [0.29, 0.717) is 23.4 Å². The molecule has 2 atom stereocenters. The molecule has 1 aliphatic rings. The molecular weight excluding hydrogens is 616 g/mol. The van der Waals surface area contributed by atoms with Crippen molar-refractivity contribution < 1.29 is 23.1 Å². The Hall–Kier alpha value is -5.88. The normalized spacial score (nSPS) is 15.8. The highest BCUT2D eigenvalue weighted by atomic mass is 19.1. The van der Waals surface area contributed by atoms with Crippen LogP contribution in [-0.4, -0.2) is 11.7 Å². The number of hydrogen-bond donors (Lipinski definition) is 0. The van der Waals surface area contributed by atoms with Crippen LogP contribution in [0.25, 0.3) is 0 Å². The zero-order valence-electron chi connectivity index (χ0n) is 26.6. The fourth-order valence-electron chi connectivity index (χ4n) is 6.77. The van der Waals surface area contributed by atoms with E-state index >= 15 is 0 Å². The molecule has 0 saturated carbocycles. The molecule has 0 aromatic heterocycles. The quantitative estimate of drug-likeness (QED) is 0.0798. The molecule has 1 heterocycles. The molecule has 4 nitrogen and oxygen atoms in total. The molecule has 1 amide bonds. The number of carbonyl (C=O) groups is 2. The van der Waals surface area contributed by atoms with Crippen molar-refractivity contribution in [2.75, 3.05) is 4.90 Å². The molecule has 0 spiro atoms. The lowest BCUT2D eigenvalue weighted by Gasteiger charge is -2.47. The number of ether oxygens (including phenoxy) is 1. The van der Waals surface area contributed by atoms with E-state index in [0.717, 1.165) is 22.3 Å². The molecule has 7 rings (SSSR count). The highest BCUT2D eigenvalue weighted by Crippen LogP contribution is 2.47. The Morgan fingerprint density at radius 3 is 1.57 bits per heavy atom. The van der Waals surface area contributed by atoms with Gasteiger partial charge in [0.1, 0.15) is 17.4 Å². The molecule has 242 valence electrons. The van der Waals surface area contributed by atoms with E-state index in [4.69, 9.17) is 4.74 Å². The Morgan fingerprint density at radius 1 is 0.612 bits per heavy atom. The molecule has 1 fully saturated rings. The fraction of sp³-hybridized carbons (Fsp3) is 0.116. The summed E-state index contributed by atoms with van der Waals surface area (Å²) in [5.74, 6) is -0.952. The summed E-state index contributed by atoms with van der Waals surface area (Å²) in [4.78, 5) is 28.2. The molecular formula is C43H33F2NO3. The number of carbonyl (C=O) groups excluding carboxylic acids is 2. The standard InChI is InChI=1S/C43H33F2NO3/c44-35-20-16-30(17-21-35)40(47)29-28-39-41(46(42(39)48)37-24-22-36(45)23-25-37)31-18-26-38(27-19-31)49-43(32-10-4-1-5-11-32,33-12-6-2-7-13-33)34-14-8-3-9-15-34/h1-27,39,41H,28-29H2/t39?,41-/m1/s1. The van der Waals surface area contributed by atoms with Crippen LogP contribution in [0.5, 0.6) is 5.75 Å². The van der Waals surface area contributed by atoms with E-state index in [1.165, 1.54) is 36.4 Å². The van der Waals surface area contributed by atoms with Gasteiger partial charge in [-0.3, -0.25) is 9.59 Å². The topological polar surface area (TPSA) is 46.6 Å². The van der Waals surface area contributed by atoms with E-state index in [9.17, 15) is 18.4 Å². The molecule has 0 radical (unpaired) electrons. The van der Waals surface area contributed by atoms with Gasteiger partial charge in [-0.2, -0.15) is 0 Å². The van der Waals surface area contributed by atoms with Crippen molar-refractivity contribution in [3.63, 3.8) is 0 Å². The van der Waals surface area contributed by atoms with Gasteiger partial charge in [0, 0.05) is 34.4 Å². The van der Waals surface area contributed by atoms with Crippen LogP contribution in [0.3, 0.4) is 0 Å². The van der Waals surface area contributed by atoms with Crippen LogP contribution in [0, 0.1) is 17.6 Å². The number of β-lactam (4-membered cyclic amide) rings is 1. The first-order valence-electron chi connectivity index (χ1n) is 16.3. The fourth-order valence-corrected chi connectivity index (χ4v) is 6.77. The van der Waals surface area contributed by atoms with Crippen molar-refractivity contribution in [3.8, 4) is 5.75 Å². The third kappa shape index (κ3) is 6.25. The molecule has 0 bridgehead atoms. The summed E-state index contributed by atoms with van der Waals surface area (Å²) in [5, 5.41) is 0. The second-order valence-corrected chi connectivity index (χ2v) is 12.2. The van der Waals surface area contributed by atoms with Gasteiger partial charge < -0.3 is 9.64 Å². The lowest BCUT2D eigenvalue weighted by atomic mass is 9.78.